The fourth-order valence-corrected chi connectivity index (χ4v) is 2.87. The first-order valence-corrected chi connectivity index (χ1v) is 7.75. The number of nitrogens with one attached hydrogen (secondary N) is 1. The summed E-state index contributed by atoms with van der Waals surface area (Å²) >= 11 is 0. The van der Waals surface area contributed by atoms with Crippen LogP contribution in [0.5, 0.6) is 5.75 Å². The Morgan fingerprint density at radius 2 is 1.92 bits per heavy atom. The first kappa shape index (κ1) is 15.1. The Morgan fingerprint density at radius 3 is 2.80 bits per heavy atom. The maximum atomic E-state index is 13.8. The van der Waals surface area contributed by atoms with Crippen molar-refractivity contribution in [1.29, 1.82) is 0 Å². The van der Waals surface area contributed by atoms with E-state index in [9.17, 15) is 14.3 Å². The predicted molar refractivity (Wildman–Crippen MR) is 91.9 cm³/mol. The topological polar surface area (TPSA) is 66.6 Å². The van der Waals surface area contributed by atoms with Gasteiger partial charge in [0, 0.05) is 6.20 Å². The van der Waals surface area contributed by atoms with Gasteiger partial charge in [0.1, 0.15) is 11.6 Å². The molecule has 0 aliphatic heterocycles. The van der Waals surface area contributed by atoms with Crippen molar-refractivity contribution in [2.24, 2.45) is 0 Å². The molecular formula is C19H14FN3O2. The normalized spacial score (nSPS) is 11.1. The van der Waals surface area contributed by atoms with Crippen molar-refractivity contribution >= 4 is 22.5 Å². The van der Waals surface area contributed by atoms with Crippen LogP contribution in [0.15, 0.2) is 60.8 Å². The lowest BCUT2D eigenvalue weighted by molar-refractivity contribution is 0.0946. The fraction of sp³-hybridized carbons (Fsp3) is 0.0526. The summed E-state index contributed by atoms with van der Waals surface area (Å²) in [5.74, 6) is -1.45. The molecule has 0 atom stereocenters. The number of hydrogen-bond donors (Lipinski definition) is 2. The molecule has 5 nitrogen and oxygen atoms in total. The molecule has 0 saturated heterocycles. The second-order valence-corrected chi connectivity index (χ2v) is 5.66. The summed E-state index contributed by atoms with van der Waals surface area (Å²) < 4.78 is 15.8. The summed E-state index contributed by atoms with van der Waals surface area (Å²) in [6.45, 7) is 0.145. The second-order valence-electron chi connectivity index (χ2n) is 5.66. The highest BCUT2D eigenvalue weighted by molar-refractivity contribution is 5.95. The third-order valence-electron chi connectivity index (χ3n) is 4.05. The van der Waals surface area contributed by atoms with Crippen molar-refractivity contribution in [3.63, 3.8) is 0 Å². The lowest BCUT2D eigenvalue weighted by Crippen LogP contribution is -2.24. The minimum atomic E-state index is -0.686. The van der Waals surface area contributed by atoms with Crippen LogP contribution in [-0.4, -0.2) is 20.4 Å². The quantitative estimate of drug-likeness (QED) is 0.604. The van der Waals surface area contributed by atoms with Crippen LogP contribution in [0.25, 0.3) is 16.6 Å². The molecule has 1 amide bonds. The van der Waals surface area contributed by atoms with Crippen LogP contribution < -0.4 is 5.32 Å². The molecule has 2 N–H and O–H groups in total. The van der Waals surface area contributed by atoms with E-state index >= 15 is 0 Å². The summed E-state index contributed by atoms with van der Waals surface area (Å²) in [6, 6.07) is 14.9. The molecule has 4 aromatic rings. The Labute approximate surface area is 142 Å². The number of halogens is 1. The monoisotopic (exact) mass is 335 g/mol. The van der Waals surface area contributed by atoms with Crippen LogP contribution in [0, 0.1) is 5.82 Å². The van der Waals surface area contributed by atoms with Crippen LogP contribution >= 0.6 is 0 Å². The maximum absolute atomic E-state index is 13.8. The Kier molecular flexibility index (Phi) is 3.57. The van der Waals surface area contributed by atoms with E-state index in [-0.39, 0.29) is 17.9 Å². The van der Waals surface area contributed by atoms with Crippen LogP contribution in [0.4, 0.5) is 4.39 Å². The average Bonchev–Trinajstić information content (AvgIpc) is 3.11. The zero-order valence-corrected chi connectivity index (χ0v) is 13.1. The van der Waals surface area contributed by atoms with Crippen LogP contribution in [0.3, 0.4) is 0 Å². The van der Waals surface area contributed by atoms with E-state index in [0.29, 0.717) is 5.69 Å². The van der Waals surface area contributed by atoms with Gasteiger partial charge in [-0.1, -0.05) is 12.1 Å². The molecule has 0 radical (unpaired) electrons. The molecule has 0 aliphatic rings. The number of nitrogens with zero attached hydrogens (tertiary/aromatic N) is 2. The number of phenolic OH excluding ortho intramolecular Hbond substituents is 1. The Hall–Kier alpha value is -3.41. The molecule has 0 spiro atoms. The van der Waals surface area contributed by atoms with Gasteiger partial charge in [-0.3, -0.25) is 4.79 Å². The Balaban J connectivity index is 1.67. The number of hydrogen-bond acceptors (Lipinski definition) is 3. The van der Waals surface area contributed by atoms with Gasteiger partial charge in [0.05, 0.1) is 34.4 Å². The number of aromatic hydroxyl groups is 1. The van der Waals surface area contributed by atoms with Gasteiger partial charge in [0.25, 0.3) is 5.91 Å². The Bertz CT molecular complexity index is 1100. The van der Waals surface area contributed by atoms with E-state index in [1.54, 1.807) is 0 Å². The first-order valence-electron chi connectivity index (χ1n) is 7.75. The van der Waals surface area contributed by atoms with Crippen molar-refractivity contribution in [1.82, 2.24) is 14.7 Å². The highest BCUT2D eigenvalue weighted by Crippen LogP contribution is 2.19. The van der Waals surface area contributed by atoms with Gasteiger partial charge in [0.2, 0.25) is 0 Å². The molecule has 6 heteroatoms. The molecule has 4 rings (SSSR count). The summed E-state index contributed by atoms with van der Waals surface area (Å²) in [4.78, 5) is 16.8. The standard InChI is InChI=1S/C19H14FN3O2/c20-14-8-7-12(24)10-13(14)19(25)21-11-16-18-6-3-9-23(18)17-5-2-1-4-15(17)22-16/h1-10,24H,11H2,(H,21,25). The molecule has 0 saturated carbocycles. The van der Waals surface area contributed by atoms with Gasteiger partial charge in [0.15, 0.2) is 0 Å². The van der Waals surface area contributed by atoms with Crippen molar-refractivity contribution in [3.8, 4) is 5.75 Å². The molecule has 0 bridgehead atoms. The van der Waals surface area contributed by atoms with Crippen molar-refractivity contribution in [3.05, 3.63) is 77.9 Å². The summed E-state index contributed by atoms with van der Waals surface area (Å²) in [5.41, 5.74) is 3.12. The summed E-state index contributed by atoms with van der Waals surface area (Å²) in [7, 11) is 0. The van der Waals surface area contributed by atoms with Gasteiger partial charge in [-0.2, -0.15) is 0 Å². The minimum Gasteiger partial charge on any atom is -0.508 e. The van der Waals surface area contributed by atoms with E-state index < -0.39 is 11.7 Å². The second kappa shape index (κ2) is 5.90. The van der Waals surface area contributed by atoms with E-state index in [2.05, 4.69) is 10.3 Å². The summed E-state index contributed by atoms with van der Waals surface area (Å²) in [5, 5.41) is 12.1. The van der Waals surface area contributed by atoms with Gasteiger partial charge in [-0.15, -0.1) is 0 Å². The molecular weight excluding hydrogens is 321 g/mol. The number of benzene rings is 2. The molecule has 2 aromatic heterocycles. The molecule has 0 unspecified atom stereocenters. The third-order valence-corrected chi connectivity index (χ3v) is 4.05. The minimum absolute atomic E-state index is 0.145. The molecule has 2 aromatic carbocycles. The van der Waals surface area contributed by atoms with Gasteiger partial charge in [-0.25, -0.2) is 9.37 Å². The van der Waals surface area contributed by atoms with E-state index in [1.165, 1.54) is 6.07 Å². The van der Waals surface area contributed by atoms with E-state index in [0.717, 1.165) is 28.7 Å². The number of carbonyl (C=O) groups is 1. The van der Waals surface area contributed by atoms with Gasteiger partial charge in [-0.05, 0) is 42.5 Å². The van der Waals surface area contributed by atoms with Gasteiger partial charge < -0.3 is 14.8 Å². The van der Waals surface area contributed by atoms with Crippen molar-refractivity contribution in [2.75, 3.05) is 0 Å². The first-order chi connectivity index (χ1) is 12.1. The molecule has 25 heavy (non-hydrogen) atoms. The number of carbonyl (C=O) groups excluding carboxylic acids is 1. The fourth-order valence-electron chi connectivity index (χ4n) is 2.87. The number of fused-ring (bicyclic) bond motifs is 3. The van der Waals surface area contributed by atoms with E-state index in [4.69, 9.17) is 0 Å². The molecule has 0 aliphatic carbocycles. The number of amides is 1. The molecule has 124 valence electrons. The van der Waals surface area contributed by atoms with E-state index in [1.807, 2.05) is 47.0 Å². The zero-order chi connectivity index (χ0) is 17.4. The molecule has 2 heterocycles. The van der Waals surface area contributed by atoms with Crippen LogP contribution in [0.2, 0.25) is 0 Å². The number of phenols is 1. The van der Waals surface area contributed by atoms with Crippen LogP contribution in [-0.2, 0) is 6.54 Å². The highest BCUT2D eigenvalue weighted by Gasteiger charge is 2.14. The highest BCUT2D eigenvalue weighted by atomic mass is 19.1. The lowest BCUT2D eigenvalue weighted by Gasteiger charge is -2.10. The van der Waals surface area contributed by atoms with Gasteiger partial charge >= 0.3 is 0 Å². The van der Waals surface area contributed by atoms with Crippen molar-refractivity contribution < 1.29 is 14.3 Å². The lowest BCUT2D eigenvalue weighted by atomic mass is 10.2. The largest absolute Gasteiger partial charge is 0.508 e. The zero-order valence-electron chi connectivity index (χ0n) is 13.1. The number of para-hydroxylation sites is 2. The number of aromatic nitrogens is 2. The third kappa shape index (κ3) is 2.67. The average molecular weight is 335 g/mol. The smallest absolute Gasteiger partial charge is 0.254 e. The molecule has 0 fully saturated rings. The number of rotatable bonds is 3. The van der Waals surface area contributed by atoms with Crippen LogP contribution in [0.1, 0.15) is 16.1 Å². The van der Waals surface area contributed by atoms with Crippen molar-refractivity contribution in [2.45, 2.75) is 6.54 Å². The summed E-state index contributed by atoms with van der Waals surface area (Å²) in [6.07, 6.45) is 1.93. The SMILES string of the molecule is O=C(NCc1nc2ccccc2n2cccc12)c1cc(O)ccc1F. The Morgan fingerprint density at radius 1 is 1.12 bits per heavy atom. The maximum Gasteiger partial charge on any atom is 0.254 e. The predicted octanol–water partition coefficient (Wildman–Crippen LogP) is 3.26.